The van der Waals surface area contributed by atoms with Crippen LogP contribution in [-0.4, -0.2) is 15.1 Å². The van der Waals surface area contributed by atoms with Gasteiger partial charge in [0.1, 0.15) is 17.6 Å². The van der Waals surface area contributed by atoms with E-state index in [1.54, 1.807) is 24.4 Å². The summed E-state index contributed by atoms with van der Waals surface area (Å²) in [7, 11) is 0. The van der Waals surface area contributed by atoms with Crippen molar-refractivity contribution >= 4 is 0 Å². The molecule has 0 bridgehead atoms. The van der Waals surface area contributed by atoms with E-state index in [0.717, 1.165) is 0 Å². The van der Waals surface area contributed by atoms with E-state index in [0.29, 0.717) is 22.6 Å². The van der Waals surface area contributed by atoms with Crippen molar-refractivity contribution in [3.63, 3.8) is 0 Å². The molecule has 0 unspecified atom stereocenters. The summed E-state index contributed by atoms with van der Waals surface area (Å²) in [5, 5.41) is 12.6. The fourth-order valence-corrected chi connectivity index (χ4v) is 1.63. The number of hydrogen-bond donors (Lipinski definition) is 1. The molecule has 0 aliphatic rings. The number of benzene rings is 1. The molecule has 5 nitrogen and oxygen atoms in total. The number of nitrogens with one attached hydrogen (secondary N) is 1. The Bertz CT molecular complexity index is 752. The zero-order chi connectivity index (χ0) is 13.2. The number of aromatic amines is 1. The van der Waals surface area contributed by atoms with Gasteiger partial charge in [-0.15, -0.1) is 0 Å². The summed E-state index contributed by atoms with van der Waals surface area (Å²) in [6, 6.07) is 9.40. The molecule has 0 aliphatic carbocycles. The minimum atomic E-state index is -0.324. The van der Waals surface area contributed by atoms with Crippen LogP contribution in [-0.2, 0) is 0 Å². The fourth-order valence-electron chi connectivity index (χ4n) is 1.63. The number of nitrogens with zero attached hydrogens (tertiary/aromatic N) is 3. The van der Waals surface area contributed by atoms with Crippen molar-refractivity contribution < 1.29 is 8.91 Å². The average Bonchev–Trinajstić information content (AvgIpc) is 3.08. The maximum atomic E-state index is 12.8. The predicted octanol–water partition coefficient (Wildman–Crippen LogP) is 2.74. The molecular weight excluding hydrogens is 247 g/mol. The Morgan fingerprint density at radius 3 is 2.74 bits per heavy atom. The summed E-state index contributed by atoms with van der Waals surface area (Å²) in [5.74, 6) is 0.319. The standard InChI is InChI=1S/C13H7FN4O/c14-10-3-1-9(2-4-10)12-17-13(19-18-12)11-5-8(6-15)7-16-11/h1-5,7,16H. The molecule has 0 radical (unpaired) electrons. The third-order valence-corrected chi connectivity index (χ3v) is 2.57. The summed E-state index contributed by atoms with van der Waals surface area (Å²) in [6.07, 6.45) is 1.55. The van der Waals surface area contributed by atoms with Crippen LogP contribution in [0, 0.1) is 17.1 Å². The quantitative estimate of drug-likeness (QED) is 0.762. The molecule has 1 aromatic carbocycles. The number of aromatic nitrogens is 3. The molecule has 2 heterocycles. The minimum Gasteiger partial charge on any atom is -0.356 e. The van der Waals surface area contributed by atoms with Gasteiger partial charge in [0.05, 0.1) is 5.56 Å². The lowest BCUT2D eigenvalue weighted by Crippen LogP contribution is -1.82. The summed E-state index contributed by atoms with van der Waals surface area (Å²) in [5.41, 5.74) is 1.71. The first-order chi connectivity index (χ1) is 9.26. The van der Waals surface area contributed by atoms with Crippen LogP contribution in [0.25, 0.3) is 23.0 Å². The number of rotatable bonds is 2. The molecule has 0 spiro atoms. The first-order valence-corrected chi connectivity index (χ1v) is 5.45. The van der Waals surface area contributed by atoms with Crippen LogP contribution in [0.4, 0.5) is 4.39 Å². The van der Waals surface area contributed by atoms with E-state index < -0.39 is 0 Å². The smallest absolute Gasteiger partial charge is 0.274 e. The van der Waals surface area contributed by atoms with Crippen molar-refractivity contribution in [2.45, 2.75) is 0 Å². The highest BCUT2D eigenvalue weighted by molar-refractivity contribution is 5.58. The molecule has 6 heteroatoms. The third kappa shape index (κ3) is 2.09. The van der Waals surface area contributed by atoms with Crippen LogP contribution in [0.1, 0.15) is 5.56 Å². The second-order valence-electron chi connectivity index (χ2n) is 3.84. The summed E-state index contributed by atoms with van der Waals surface area (Å²) >= 11 is 0. The van der Waals surface area contributed by atoms with E-state index in [2.05, 4.69) is 15.1 Å². The van der Waals surface area contributed by atoms with Gasteiger partial charge in [0.2, 0.25) is 5.82 Å². The minimum absolute atomic E-state index is 0.279. The van der Waals surface area contributed by atoms with Crippen molar-refractivity contribution in [2.24, 2.45) is 0 Å². The van der Waals surface area contributed by atoms with Crippen LogP contribution in [0.2, 0.25) is 0 Å². The summed E-state index contributed by atoms with van der Waals surface area (Å²) < 4.78 is 17.9. The molecular formula is C13H7FN4O. The molecule has 3 aromatic rings. The van der Waals surface area contributed by atoms with Crippen LogP contribution in [0.3, 0.4) is 0 Å². The second kappa shape index (κ2) is 4.38. The monoisotopic (exact) mass is 254 g/mol. The van der Waals surface area contributed by atoms with E-state index in [-0.39, 0.29) is 11.7 Å². The van der Waals surface area contributed by atoms with Gasteiger partial charge < -0.3 is 9.51 Å². The lowest BCUT2D eigenvalue weighted by atomic mass is 10.2. The topological polar surface area (TPSA) is 78.5 Å². The van der Waals surface area contributed by atoms with E-state index in [1.165, 1.54) is 12.1 Å². The lowest BCUT2D eigenvalue weighted by molar-refractivity contribution is 0.431. The molecule has 1 N–H and O–H groups in total. The molecule has 0 saturated carbocycles. The first kappa shape index (κ1) is 11.2. The number of H-pyrrole nitrogens is 1. The molecule has 2 aromatic heterocycles. The second-order valence-corrected chi connectivity index (χ2v) is 3.84. The van der Waals surface area contributed by atoms with Crippen molar-refractivity contribution in [3.8, 4) is 29.0 Å². The Morgan fingerprint density at radius 2 is 2.05 bits per heavy atom. The van der Waals surface area contributed by atoms with Crippen LogP contribution in [0.15, 0.2) is 41.1 Å². The number of nitriles is 1. The number of hydrogen-bond acceptors (Lipinski definition) is 4. The van der Waals surface area contributed by atoms with Crippen molar-refractivity contribution in [1.82, 2.24) is 15.1 Å². The summed E-state index contributed by atoms with van der Waals surface area (Å²) in [6.45, 7) is 0. The molecule has 19 heavy (non-hydrogen) atoms. The normalized spacial score (nSPS) is 10.3. The highest BCUT2D eigenvalue weighted by Gasteiger charge is 2.12. The third-order valence-electron chi connectivity index (χ3n) is 2.57. The molecule has 0 saturated heterocycles. The Kier molecular flexibility index (Phi) is 2.58. The molecule has 0 amide bonds. The summed E-state index contributed by atoms with van der Waals surface area (Å²) in [4.78, 5) is 7.06. The zero-order valence-electron chi connectivity index (χ0n) is 9.59. The highest BCUT2D eigenvalue weighted by atomic mass is 19.1. The van der Waals surface area contributed by atoms with E-state index in [9.17, 15) is 4.39 Å². The van der Waals surface area contributed by atoms with Gasteiger partial charge in [-0.3, -0.25) is 0 Å². The molecule has 0 atom stereocenters. The van der Waals surface area contributed by atoms with Crippen LogP contribution < -0.4 is 0 Å². The zero-order valence-corrected chi connectivity index (χ0v) is 9.59. The maximum Gasteiger partial charge on any atom is 0.274 e. The highest BCUT2D eigenvalue weighted by Crippen LogP contribution is 2.21. The Balaban J connectivity index is 1.95. The molecule has 92 valence electrons. The average molecular weight is 254 g/mol. The Hall–Kier alpha value is -2.94. The van der Waals surface area contributed by atoms with E-state index in [1.807, 2.05) is 6.07 Å². The van der Waals surface area contributed by atoms with Crippen molar-refractivity contribution in [2.75, 3.05) is 0 Å². The van der Waals surface area contributed by atoms with Crippen molar-refractivity contribution in [3.05, 3.63) is 47.9 Å². The Morgan fingerprint density at radius 1 is 1.26 bits per heavy atom. The van der Waals surface area contributed by atoms with E-state index in [4.69, 9.17) is 9.78 Å². The van der Waals surface area contributed by atoms with Gasteiger partial charge in [0.15, 0.2) is 0 Å². The van der Waals surface area contributed by atoms with Gasteiger partial charge in [-0.2, -0.15) is 10.2 Å². The van der Waals surface area contributed by atoms with E-state index >= 15 is 0 Å². The SMILES string of the molecule is N#Cc1c[nH]c(-c2nc(-c3ccc(F)cc3)no2)c1. The molecule has 0 aliphatic heterocycles. The number of halogens is 1. The fraction of sp³-hybridized carbons (Fsp3) is 0. The predicted molar refractivity (Wildman–Crippen MR) is 64.2 cm³/mol. The first-order valence-electron chi connectivity index (χ1n) is 5.45. The van der Waals surface area contributed by atoms with Gasteiger partial charge in [-0.1, -0.05) is 5.16 Å². The van der Waals surface area contributed by atoms with Gasteiger partial charge in [-0.05, 0) is 30.3 Å². The van der Waals surface area contributed by atoms with Crippen molar-refractivity contribution in [1.29, 1.82) is 5.26 Å². The van der Waals surface area contributed by atoms with Gasteiger partial charge >= 0.3 is 0 Å². The van der Waals surface area contributed by atoms with Gasteiger partial charge in [0.25, 0.3) is 5.89 Å². The largest absolute Gasteiger partial charge is 0.356 e. The van der Waals surface area contributed by atoms with Crippen LogP contribution in [0.5, 0.6) is 0 Å². The van der Waals surface area contributed by atoms with Gasteiger partial charge in [-0.25, -0.2) is 4.39 Å². The van der Waals surface area contributed by atoms with Gasteiger partial charge in [0, 0.05) is 11.8 Å². The Labute approximate surface area is 107 Å². The molecule has 0 fully saturated rings. The van der Waals surface area contributed by atoms with Crippen LogP contribution >= 0.6 is 0 Å². The lowest BCUT2D eigenvalue weighted by Gasteiger charge is -1.92. The molecule has 3 rings (SSSR count). The maximum absolute atomic E-state index is 12.8.